The van der Waals surface area contributed by atoms with Crippen molar-refractivity contribution in [1.29, 1.82) is 0 Å². The van der Waals surface area contributed by atoms with Gasteiger partial charge in [0.2, 0.25) is 0 Å². The first kappa shape index (κ1) is 17.8. The second-order valence-corrected chi connectivity index (χ2v) is 7.44. The van der Waals surface area contributed by atoms with E-state index in [0.29, 0.717) is 17.9 Å². The summed E-state index contributed by atoms with van der Waals surface area (Å²) in [4.78, 5) is 17.6. The molecule has 1 aliphatic rings. The number of fused-ring (bicyclic) bond motifs is 2. The van der Waals surface area contributed by atoms with Gasteiger partial charge < -0.3 is 14.8 Å². The molecule has 0 bridgehead atoms. The van der Waals surface area contributed by atoms with Gasteiger partial charge in [0.1, 0.15) is 11.5 Å². The Morgan fingerprint density at radius 3 is 2.93 bits per heavy atom. The Morgan fingerprint density at radius 2 is 2.11 bits per heavy atom. The number of nitrogens with one attached hydrogen (secondary N) is 1. The van der Waals surface area contributed by atoms with Crippen LogP contribution in [0.1, 0.15) is 34.1 Å². The minimum atomic E-state index is -0.129. The molecule has 2 heterocycles. The summed E-state index contributed by atoms with van der Waals surface area (Å²) in [7, 11) is 1.62. The number of halogens is 1. The fourth-order valence-corrected chi connectivity index (χ4v) is 3.73. The summed E-state index contributed by atoms with van der Waals surface area (Å²) in [5.74, 6) is 1.43. The summed E-state index contributed by atoms with van der Waals surface area (Å²) < 4.78 is 11.9. The van der Waals surface area contributed by atoms with E-state index in [1.807, 2.05) is 49.4 Å². The van der Waals surface area contributed by atoms with Crippen LogP contribution in [-0.4, -0.2) is 24.6 Å². The van der Waals surface area contributed by atoms with Crippen LogP contribution in [0.5, 0.6) is 11.5 Å². The van der Waals surface area contributed by atoms with Gasteiger partial charge in [-0.1, -0.05) is 15.9 Å². The molecular weight excluding hydrogens is 408 g/mol. The predicted molar refractivity (Wildman–Crippen MR) is 107 cm³/mol. The van der Waals surface area contributed by atoms with Crippen LogP contribution < -0.4 is 14.8 Å². The van der Waals surface area contributed by atoms with E-state index >= 15 is 0 Å². The molecule has 1 amide bonds. The number of ether oxygens (including phenoxy) is 2. The monoisotopic (exact) mass is 426 g/mol. The highest BCUT2D eigenvalue weighted by Crippen LogP contribution is 2.34. The normalized spacial score (nSPS) is 15.7. The Hall–Kier alpha value is -2.60. The molecule has 1 aliphatic heterocycles. The smallest absolute Gasteiger partial charge is 0.253 e. The zero-order chi connectivity index (χ0) is 19.0. The van der Waals surface area contributed by atoms with Crippen LogP contribution in [0.2, 0.25) is 0 Å². The Bertz CT molecular complexity index is 1040. The second kappa shape index (κ2) is 7.19. The van der Waals surface area contributed by atoms with Gasteiger partial charge >= 0.3 is 0 Å². The third kappa shape index (κ3) is 3.49. The first-order valence-corrected chi connectivity index (χ1v) is 9.53. The van der Waals surface area contributed by atoms with Crippen molar-refractivity contribution in [3.63, 3.8) is 0 Å². The third-order valence-corrected chi connectivity index (χ3v) is 5.27. The number of pyridine rings is 1. The molecule has 0 spiro atoms. The van der Waals surface area contributed by atoms with Crippen molar-refractivity contribution in [3.05, 3.63) is 63.8 Å². The molecule has 3 aromatic rings. The van der Waals surface area contributed by atoms with Crippen LogP contribution in [0, 0.1) is 6.92 Å². The number of methoxy groups -OCH3 is 1. The molecule has 0 aliphatic carbocycles. The minimum absolute atomic E-state index is 0.0929. The van der Waals surface area contributed by atoms with Crippen LogP contribution >= 0.6 is 15.9 Å². The maximum atomic E-state index is 13.0. The molecule has 5 nitrogen and oxygen atoms in total. The summed E-state index contributed by atoms with van der Waals surface area (Å²) in [5, 5.41) is 4.05. The number of hydrogen-bond donors (Lipinski definition) is 1. The molecule has 2 aromatic carbocycles. The SMILES string of the molecule is COc1ccc2cc(C(=O)NC3CCOc4ccc(Br)cc43)c(C)nc2c1. The zero-order valence-corrected chi connectivity index (χ0v) is 16.7. The summed E-state index contributed by atoms with van der Waals surface area (Å²) in [6.07, 6.45) is 0.729. The van der Waals surface area contributed by atoms with Crippen LogP contribution in [0.25, 0.3) is 10.9 Å². The van der Waals surface area contributed by atoms with E-state index in [1.165, 1.54) is 0 Å². The highest BCUT2D eigenvalue weighted by atomic mass is 79.9. The van der Waals surface area contributed by atoms with E-state index in [9.17, 15) is 4.79 Å². The first-order valence-electron chi connectivity index (χ1n) is 8.73. The lowest BCUT2D eigenvalue weighted by Crippen LogP contribution is -2.32. The lowest BCUT2D eigenvalue weighted by Gasteiger charge is -2.27. The largest absolute Gasteiger partial charge is 0.497 e. The molecule has 1 unspecified atom stereocenters. The maximum absolute atomic E-state index is 13.0. The summed E-state index contributed by atoms with van der Waals surface area (Å²) in [6.45, 7) is 2.43. The minimum Gasteiger partial charge on any atom is -0.497 e. The quantitative estimate of drug-likeness (QED) is 0.666. The highest BCUT2D eigenvalue weighted by molar-refractivity contribution is 9.10. The van der Waals surface area contributed by atoms with E-state index in [0.717, 1.165) is 38.9 Å². The molecular formula is C21H19BrN2O3. The van der Waals surface area contributed by atoms with Crippen molar-refractivity contribution in [2.24, 2.45) is 0 Å². The number of carbonyl (C=O) groups excluding carboxylic acids is 1. The van der Waals surface area contributed by atoms with Gasteiger partial charge in [-0.05, 0) is 43.3 Å². The average molecular weight is 427 g/mol. The van der Waals surface area contributed by atoms with E-state index in [1.54, 1.807) is 7.11 Å². The fraction of sp³-hybridized carbons (Fsp3) is 0.238. The van der Waals surface area contributed by atoms with Gasteiger partial charge in [-0.2, -0.15) is 0 Å². The van der Waals surface area contributed by atoms with Crippen LogP contribution in [0.3, 0.4) is 0 Å². The van der Waals surface area contributed by atoms with E-state index < -0.39 is 0 Å². The molecule has 1 N–H and O–H groups in total. The molecule has 6 heteroatoms. The Labute approximate surface area is 165 Å². The lowest BCUT2D eigenvalue weighted by atomic mass is 10.00. The van der Waals surface area contributed by atoms with E-state index in [2.05, 4.69) is 26.2 Å². The number of aromatic nitrogens is 1. The van der Waals surface area contributed by atoms with Crippen molar-refractivity contribution in [1.82, 2.24) is 10.3 Å². The van der Waals surface area contributed by atoms with Gasteiger partial charge in [0.25, 0.3) is 5.91 Å². The average Bonchev–Trinajstić information content (AvgIpc) is 2.67. The maximum Gasteiger partial charge on any atom is 0.253 e. The number of rotatable bonds is 3. The van der Waals surface area contributed by atoms with Gasteiger partial charge in [-0.15, -0.1) is 0 Å². The molecule has 0 saturated carbocycles. The number of hydrogen-bond acceptors (Lipinski definition) is 4. The highest BCUT2D eigenvalue weighted by Gasteiger charge is 2.24. The lowest BCUT2D eigenvalue weighted by molar-refractivity contribution is 0.0924. The number of nitrogens with zero attached hydrogens (tertiary/aromatic N) is 1. The van der Waals surface area contributed by atoms with Crippen molar-refractivity contribution in [3.8, 4) is 11.5 Å². The van der Waals surface area contributed by atoms with Crippen molar-refractivity contribution in [2.75, 3.05) is 13.7 Å². The molecule has 1 atom stereocenters. The zero-order valence-electron chi connectivity index (χ0n) is 15.1. The molecule has 27 heavy (non-hydrogen) atoms. The summed E-state index contributed by atoms with van der Waals surface area (Å²) in [5.41, 5.74) is 3.06. The Morgan fingerprint density at radius 1 is 1.26 bits per heavy atom. The molecule has 0 saturated heterocycles. The molecule has 4 rings (SSSR count). The summed E-state index contributed by atoms with van der Waals surface area (Å²) >= 11 is 3.49. The summed E-state index contributed by atoms with van der Waals surface area (Å²) in [6, 6.07) is 13.3. The second-order valence-electron chi connectivity index (χ2n) is 6.53. The molecule has 0 fully saturated rings. The topological polar surface area (TPSA) is 60.5 Å². The van der Waals surface area contributed by atoms with Gasteiger partial charge in [0.05, 0.1) is 36.5 Å². The first-order chi connectivity index (χ1) is 13.0. The van der Waals surface area contributed by atoms with Gasteiger partial charge in [0.15, 0.2) is 0 Å². The Balaban J connectivity index is 1.64. The number of aryl methyl sites for hydroxylation is 1. The van der Waals surface area contributed by atoms with Gasteiger partial charge in [-0.3, -0.25) is 9.78 Å². The number of carbonyl (C=O) groups is 1. The van der Waals surface area contributed by atoms with Crippen molar-refractivity contribution < 1.29 is 14.3 Å². The fourth-order valence-electron chi connectivity index (χ4n) is 3.35. The number of amides is 1. The molecule has 1 aromatic heterocycles. The van der Waals surface area contributed by atoms with Gasteiger partial charge in [-0.25, -0.2) is 0 Å². The number of benzene rings is 2. The standard InChI is InChI=1S/C21H19BrN2O3/c1-12-16(9-13-3-5-15(26-2)11-19(13)23-12)21(25)24-18-7-8-27-20-6-4-14(22)10-17(18)20/h3-6,9-11,18H,7-8H2,1-2H3,(H,24,25). The van der Waals surface area contributed by atoms with Crippen molar-refractivity contribution in [2.45, 2.75) is 19.4 Å². The van der Waals surface area contributed by atoms with Crippen LogP contribution in [0.4, 0.5) is 0 Å². The molecule has 138 valence electrons. The van der Waals surface area contributed by atoms with E-state index in [-0.39, 0.29) is 11.9 Å². The van der Waals surface area contributed by atoms with E-state index in [4.69, 9.17) is 9.47 Å². The van der Waals surface area contributed by atoms with Crippen molar-refractivity contribution >= 4 is 32.7 Å². The predicted octanol–water partition coefficient (Wildman–Crippen LogP) is 4.57. The molecule has 0 radical (unpaired) electrons. The van der Waals surface area contributed by atoms with Gasteiger partial charge in [0, 0.05) is 27.9 Å². The Kier molecular flexibility index (Phi) is 4.74. The van der Waals surface area contributed by atoms with Crippen LogP contribution in [-0.2, 0) is 0 Å². The third-order valence-electron chi connectivity index (χ3n) is 4.78. The van der Waals surface area contributed by atoms with Crippen LogP contribution in [0.15, 0.2) is 46.9 Å².